The van der Waals surface area contributed by atoms with Crippen LogP contribution in [0.5, 0.6) is 0 Å². The van der Waals surface area contributed by atoms with Crippen LogP contribution >= 0.6 is 11.3 Å². The second kappa shape index (κ2) is 6.88. The van der Waals surface area contributed by atoms with Crippen LogP contribution in [0.15, 0.2) is 54.2 Å². The highest BCUT2D eigenvalue weighted by Crippen LogP contribution is 2.31. The van der Waals surface area contributed by atoms with E-state index < -0.39 is 0 Å². The number of hydrogen-bond acceptors (Lipinski definition) is 5. The molecule has 0 unspecified atom stereocenters. The zero-order valence-electron chi connectivity index (χ0n) is 15.0. The third-order valence-electron chi connectivity index (χ3n) is 4.44. The molecule has 4 aromatic rings. The maximum absolute atomic E-state index is 4.42. The van der Waals surface area contributed by atoms with Crippen LogP contribution in [0.1, 0.15) is 47.5 Å². The molecular formula is C20H21N5S. The number of benzene rings is 1. The van der Waals surface area contributed by atoms with E-state index in [2.05, 4.69) is 76.0 Å². The van der Waals surface area contributed by atoms with Gasteiger partial charge in [0.05, 0.1) is 6.04 Å². The topological polar surface area (TPSA) is 55.1 Å². The molecule has 1 atom stereocenters. The Morgan fingerprint density at radius 3 is 2.54 bits per heavy atom. The molecule has 4 rings (SSSR count). The second-order valence-corrected chi connectivity index (χ2v) is 7.65. The zero-order chi connectivity index (χ0) is 18.1. The monoisotopic (exact) mass is 363 g/mol. The van der Waals surface area contributed by atoms with Crippen molar-refractivity contribution in [3.05, 3.63) is 75.9 Å². The van der Waals surface area contributed by atoms with Gasteiger partial charge < -0.3 is 5.32 Å². The number of thiophene rings is 1. The van der Waals surface area contributed by atoms with E-state index in [4.69, 9.17) is 0 Å². The lowest BCUT2D eigenvalue weighted by Crippen LogP contribution is -2.14. The molecule has 1 aromatic carbocycles. The van der Waals surface area contributed by atoms with Crippen molar-refractivity contribution in [3.8, 4) is 0 Å². The van der Waals surface area contributed by atoms with Crippen LogP contribution in [0.4, 0.5) is 5.82 Å². The van der Waals surface area contributed by atoms with Crippen LogP contribution in [-0.2, 0) is 0 Å². The molecule has 0 aliphatic rings. The van der Waals surface area contributed by atoms with Gasteiger partial charge >= 0.3 is 0 Å². The highest BCUT2D eigenvalue weighted by molar-refractivity contribution is 7.10. The first kappa shape index (κ1) is 16.7. The number of nitrogens with zero attached hydrogens (tertiary/aromatic N) is 4. The fourth-order valence-corrected chi connectivity index (χ4v) is 3.83. The van der Waals surface area contributed by atoms with Crippen LogP contribution in [0.2, 0.25) is 0 Å². The Balaban J connectivity index is 1.75. The van der Waals surface area contributed by atoms with Gasteiger partial charge in [-0.2, -0.15) is 14.6 Å². The molecule has 5 nitrogen and oxygen atoms in total. The molecule has 3 heterocycles. The summed E-state index contributed by atoms with van der Waals surface area (Å²) in [5, 5.41) is 10.1. The molecule has 0 radical (unpaired) electrons. The number of nitrogens with one attached hydrogen (secondary N) is 1. The Labute approximate surface area is 156 Å². The molecular weight excluding hydrogens is 342 g/mol. The van der Waals surface area contributed by atoms with Crippen LogP contribution < -0.4 is 5.32 Å². The Morgan fingerprint density at radius 1 is 1.08 bits per heavy atom. The molecule has 0 bridgehead atoms. The van der Waals surface area contributed by atoms with Crippen molar-refractivity contribution < 1.29 is 0 Å². The molecule has 0 saturated heterocycles. The molecule has 6 heteroatoms. The van der Waals surface area contributed by atoms with E-state index in [-0.39, 0.29) is 6.04 Å². The highest BCUT2D eigenvalue weighted by atomic mass is 32.1. The summed E-state index contributed by atoms with van der Waals surface area (Å²) in [7, 11) is 0. The highest BCUT2D eigenvalue weighted by Gasteiger charge is 2.18. The molecule has 26 heavy (non-hydrogen) atoms. The lowest BCUT2D eigenvalue weighted by atomic mass is 9.98. The summed E-state index contributed by atoms with van der Waals surface area (Å²) in [6.07, 6.45) is 1.53. The summed E-state index contributed by atoms with van der Waals surface area (Å²) in [6.45, 7) is 6.40. The van der Waals surface area contributed by atoms with Gasteiger partial charge in [0.1, 0.15) is 12.1 Å². The molecule has 1 N–H and O–H groups in total. The minimum atomic E-state index is 0.0467. The standard InChI is InChI=1S/C20H21N5S/c1-13(2)15-6-8-16(9-7-15)19(17-5-4-10-26-17)24-18-11-14(3)23-20-21-12-22-25(18)20/h4-13,19,24H,1-3H3/t19-/m1/s1. The van der Waals surface area contributed by atoms with Crippen molar-refractivity contribution >= 4 is 22.9 Å². The second-order valence-electron chi connectivity index (χ2n) is 6.67. The molecule has 132 valence electrons. The SMILES string of the molecule is Cc1cc(N[C@H](c2ccc(C(C)C)cc2)c2cccs2)n2ncnc2n1. The number of rotatable bonds is 5. The van der Waals surface area contributed by atoms with Gasteiger partial charge in [-0.25, -0.2) is 4.98 Å². The van der Waals surface area contributed by atoms with Crippen molar-refractivity contribution in [2.45, 2.75) is 32.7 Å². The lowest BCUT2D eigenvalue weighted by Gasteiger charge is -2.20. The van der Waals surface area contributed by atoms with Gasteiger partial charge in [0, 0.05) is 16.6 Å². The third-order valence-corrected chi connectivity index (χ3v) is 5.37. The summed E-state index contributed by atoms with van der Waals surface area (Å²) < 4.78 is 1.75. The number of aryl methyl sites for hydroxylation is 1. The summed E-state index contributed by atoms with van der Waals surface area (Å²) in [4.78, 5) is 9.89. The Hall–Kier alpha value is -2.73. The summed E-state index contributed by atoms with van der Waals surface area (Å²) >= 11 is 1.74. The smallest absolute Gasteiger partial charge is 0.254 e. The summed E-state index contributed by atoms with van der Waals surface area (Å²) in [6, 6.07) is 15.1. The molecule has 0 saturated carbocycles. The lowest BCUT2D eigenvalue weighted by molar-refractivity contribution is 0.856. The first-order chi connectivity index (χ1) is 12.6. The molecule has 0 aliphatic heterocycles. The van der Waals surface area contributed by atoms with Gasteiger partial charge in [-0.05, 0) is 35.4 Å². The van der Waals surface area contributed by atoms with E-state index in [0.29, 0.717) is 11.7 Å². The van der Waals surface area contributed by atoms with E-state index >= 15 is 0 Å². The van der Waals surface area contributed by atoms with Crippen molar-refractivity contribution in [3.63, 3.8) is 0 Å². The van der Waals surface area contributed by atoms with Crippen LogP contribution in [0, 0.1) is 6.92 Å². The van der Waals surface area contributed by atoms with Crippen LogP contribution in [-0.4, -0.2) is 19.6 Å². The Bertz CT molecular complexity index is 1000. The average molecular weight is 363 g/mol. The first-order valence-corrected chi connectivity index (χ1v) is 9.57. The molecule has 0 amide bonds. The van der Waals surface area contributed by atoms with Gasteiger partial charge in [-0.15, -0.1) is 11.3 Å². The van der Waals surface area contributed by atoms with Crippen molar-refractivity contribution in [2.24, 2.45) is 0 Å². The summed E-state index contributed by atoms with van der Waals surface area (Å²) in [5.41, 5.74) is 3.48. The van der Waals surface area contributed by atoms with E-state index in [0.717, 1.165) is 11.5 Å². The van der Waals surface area contributed by atoms with E-state index in [1.165, 1.54) is 22.3 Å². The maximum Gasteiger partial charge on any atom is 0.254 e. The largest absolute Gasteiger partial charge is 0.358 e. The number of fused-ring (bicyclic) bond motifs is 1. The van der Waals surface area contributed by atoms with Gasteiger partial charge in [0.15, 0.2) is 0 Å². The van der Waals surface area contributed by atoms with Gasteiger partial charge in [0.2, 0.25) is 0 Å². The van der Waals surface area contributed by atoms with Gasteiger partial charge in [0.25, 0.3) is 5.78 Å². The van der Waals surface area contributed by atoms with Crippen molar-refractivity contribution in [1.29, 1.82) is 0 Å². The first-order valence-electron chi connectivity index (χ1n) is 8.69. The fraction of sp³-hybridized carbons (Fsp3) is 0.250. The van der Waals surface area contributed by atoms with Gasteiger partial charge in [-0.3, -0.25) is 0 Å². The minimum absolute atomic E-state index is 0.0467. The fourth-order valence-electron chi connectivity index (χ4n) is 3.03. The van der Waals surface area contributed by atoms with Crippen LogP contribution in [0.3, 0.4) is 0 Å². The molecule has 0 fully saturated rings. The summed E-state index contributed by atoms with van der Waals surface area (Å²) in [5.74, 6) is 2.01. The van der Waals surface area contributed by atoms with Gasteiger partial charge in [-0.1, -0.05) is 44.2 Å². The van der Waals surface area contributed by atoms with Crippen LogP contribution in [0.25, 0.3) is 5.78 Å². The zero-order valence-corrected chi connectivity index (χ0v) is 15.9. The predicted octanol–water partition coefficient (Wildman–Crippen LogP) is 4.82. The van der Waals surface area contributed by atoms with E-state index in [1.54, 1.807) is 15.9 Å². The number of anilines is 1. The number of aromatic nitrogens is 4. The quantitative estimate of drug-likeness (QED) is 0.552. The Kier molecular flexibility index (Phi) is 4.42. The number of hydrogen-bond donors (Lipinski definition) is 1. The predicted molar refractivity (Wildman–Crippen MR) is 106 cm³/mol. The molecule has 3 aromatic heterocycles. The normalized spacial score (nSPS) is 12.6. The van der Waals surface area contributed by atoms with E-state index in [1.807, 2.05) is 13.0 Å². The minimum Gasteiger partial charge on any atom is -0.358 e. The molecule has 0 spiro atoms. The maximum atomic E-state index is 4.42. The van der Waals surface area contributed by atoms with E-state index in [9.17, 15) is 0 Å². The van der Waals surface area contributed by atoms with Crippen molar-refractivity contribution in [2.75, 3.05) is 5.32 Å². The molecule has 0 aliphatic carbocycles. The van der Waals surface area contributed by atoms with Crippen molar-refractivity contribution in [1.82, 2.24) is 19.6 Å². The third kappa shape index (κ3) is 3.20. The average Bonchev–Trinajstić information content (AvgIpc) is 3.31. The Morgan fingerprint density at radius 2 is 1.85 bits per heavy atom.